The maximum Gasteiger partial charge on any atom is 0.162 e. The van der Waals surface area contributed by atoms with Gasteiger partial charge in [0.15, 0.2) is 11.6 Å². The van der Waals surface area contributed by atoms with E-state index in [1.807, 2.05) is 62.4 Å². The summed E-state index contributed by atoms with van der Waals surface area (Å²) in [5.74, 6) is -0.420. The molecule has 0 spiro atoms. The molecule has 2 rings (SSSR count). The van der Waals surface area contributed by atoms with E-state index < -0.39 is 0 Å². The highest BCUT2D eigenvalue weighted by molar-refractivity contribution is 5.95. The van der Waals surface area contributed by atoms with E-state index >= 15 is 0 Å². The van der Waals surface area contributed by atoms with Crippen molar-refractivity contribution in [3.63, 3.8) is 0 Å². The number of carbonyl (C=O) groups is 2. The topological polar surface area (TPSA) is 34.1 Å². The van der Waals surface area contributed by atoms with Crippen LogP contribution in [0.2, 0.25) is 0 Å². The molecule has 0 bridgehead atoms. The minimum absolute atomic E-state index is 0.00565. The zero-order valence-corrected chi connectivity index (χ0v) is 14.2. The van der Waals surface area contributed by atoms with Gasteiger partial charge in [0.1, 0.15) is 0 Å². The summed E-state index contributed by atoms with van der Waals surface area (Å²) in [6, 6.07) is 15.8. The van der Waals surface area contributed by atoms with Crippen molar-refractivity contribution in [2.75, 3.05) is 0 Å². The Hall–Kier alpha value is -2.74. The predicted octanol–water partition coefficient (Wildman–Crippen LogP) is 5.07. The fourth-order valence-electron chi connectivity index (χ4n) is 2.66. The molecule has 0 heterocycles. The van der Waals surface area contributed by atoms with Gasteiger partial charge < -0.3 is 0 Å². The summed E-state index contributed by atoms with van der Waals surface area (Å²) in [7, 11) is 0. The van der Waals surface area contributed by atoms with Gasteiger partial charge in [-0.25, -0.2) is 0 Å². The molecule has 2 heteroatoms. The molecular formula is C22H22O2. The van der Waals surface area contributed by atoms with Crippen molar-refractivity contribution in [3.05, 3.63) is 85.0 Å². The van der Waals surface area contributed by atoms with Gasteiger partial charge in [-0.05, 0) is 34.4 Å². The summed E-state index contributed by atoms with van der Waals surface area (Å²) >= 11 is 0. The lowest BCUT2D eigenvalue weighted by atomic mass is 9.91. The van der Waals surface area contributed by atoms with Gasteiger partial charge in [-0.1, -0.05) is 75.5 Å². The second-order valence-corrected chi connectivity index (χ2v) is 5.91. The molecule has 0 N–H and O–H groups in total. The quantitative estimate of drug-likeness (QED) is 0.668. The van der Waals surface area contributed by atoms with Crippen molar-refractivity contribution in [2.24, 2.45) is 0 Å². The number of hydrogen-bond acceptors (Lipinski definition) is 2. The second kappa shape index (κ2) is 7.69. The first kappa shape index (κ1) is 17.6. The van der Waals surface area contributed by atoms with Crippen LogP contribution in [-0.4, -0.2) is 11.6 Å². The lowest BCUT2D eigenvalue weighted by Crippen LogP contribution is -2.06. The monoisotopic (exact) mass is 318 g/mol. The largest absolute Gasteiger partial charge is 0.294 e. The molecule has 0 radical (unpaired) electrons. The van der Waals surface area contributed by atoms with Crippen molar-refractivity contribution in [1.82, 2.24) is 0 Å². The molecule has 0 amide bonds. The van der Waals surface area contributed by atoms with Gasteiger partial charge in [0, 0.05) is 11.8 Å². The van der Waals surface area contributed by atoms with Crippen LogP contribution in [0, 0.1) is 0 Å². The summed E-state index contributed by atoms with van der Waals surface area (Å²) in [6.45, 7) is 10.9. The molecule has 2 aromatic rings. The first-order valence-electron chi connectivity index (χ1n) is 8.00. The Labute approximate surface area is 143 Å². The fourth-order valence-corrected chi connectivity index (χ4v) is 2.66. The lowest BCUT2D eigenvalue weighted by Gasteiger charge is -2.13. The van der Waals surface area contributed by atoms with Gasteiger partial charge in [-0.3, -0.25) is 9.59 Å². The number of allylic oxidation sites excluding steroid dienone is 2. The van der Waals surface area contributed by atoms with Crippen LogP contribution in [-0.2, 0) is 9.59 Å². The Bertz CT molecular complexity index is 719. The molecule has 0 aliphatic rings. The van der Waals surface area contributed by atoms with Gasteiger partial charge in [-0.2, -0.15) is 0 Å². The molecule has 24 heavy (non-hydrogen) atoms. The van der Waals surface area contributed by atoms with E-state index in [4.69, 9.17) is 0 Å². The Balaban J connectivity index is 2.39. The number of hydrogen-bond donors (Lipinski definition) is 0. The fraction of sp³-hybridized carbons (Fsp3) is 0.182. The number of rotatable bonds is 7. The van der Waals surface area contributed by atoms with Crippen LogP contribution in [0.25, 0.3) is 11.1 Å². The molecule has 0 saturated heterocycles. The van der Waals surface area contributed by atoms with E-state index in [1.165, 1.54) is 12.2 Å². The normalized spacial score (nSPS) is 12.9. The van der Waals surface area contributed by atoms with Crippen LogP contribution in [0.4, 0.5) is 0 Å². The minimum Gasteiger partial charge on any atom is -0.294 e. The number of ketones is 2. The lowest BCUT2D eigenvalue weighted by molar-refractivity contribution is -0.116. The predicted molar refractivity (Wildman–Crippen MR) is 99.1 cm³/mol. The van der Waals surface area contributed by atoms with Crippen LogP contribution in [0.3, 0.4) is 0 Å². The standard InChI is InChI=1S/C22H22O2/c1-5-21(23)15(3)17-9-7-11-19(13-17)20-12-8-10-18(14-20)16(4)22(24)6-2/h5-16H,1-2H2,3-4H3. The van der Waals surface area contributed by atoms with Crippen molar-refractivity contribution in [3.8, 4) is 11.1 Å². The van der Waals surface area contributed by atoms with Crippen LogP contribution in [0.15, 0.2) is 73.8 Å². The molecule has 2 atom stereocenters. The molecule has 0 aliphatic heterocycles. The van der Waals surface area contributed by atoms with Crippen LogP contribution < -0.4 is 0 Å². The number of carbonyl (C=O) groups excluding carboxylic acids is 2. The molecule has 0 aliphatic carbocycles. The van der Waals surface area contributed by atoms with E-state index in [0.717, 1.165) is 22.3 Å². The molecule has 122 valence electrons. The Morgan fingerprint density at radius 3 is 1.50 bits per heavy atom. The third-order valence-corrected chi connectivity index (χ3v) is 4.36. The van der Waals surface area contributed by atoms with Crippen molar-refractivity contribution < 1.29 is 9.59 Å². The molecule has 2 aromatic carbocycles. The first-order chi connectivity index (χ1) is 11.5. The van der Waals surface area contributed by atoms with Crippen molar-refractivity contribution in [2.45, 2.75) is 25.7 Å². The van der Waals surface area contributed by atoms with E-state index in [0.29, 0.717) is 0 Å². The van der Waals surface area contributed by atoms with Gasteiger partial charge in [0.2, 0.25) is 0 Å². The third-order valence-electron chi connectivity index (χ3n) is 4.36. The summed E-state index contributed by atoms with van der Waals surface area (Å²) in [4.78, 5) is 23.7. The highest BCUT2D eigenvalue weighted by Crippen LogP contribution is 2.27. The summed E-state index contributed by atoms with van der Waals surface area (Å²) in [6.07, 6.45) is 2.72. The smallest absolute Gasteiger partial charge is 0.162 e. The Morgan fingerprint density at radius 2 is 1.17 bits per heavy atom. The maximum absolute atomic E-state index is 11.8. The zero-order chi connectivity index (χ0) is 17.7. The van der Waals surface area contributed by atoms with Crippen LogP contribution in [0.1, 0.15) is 36.8 Å². The van der Waals surface area contributed by atoms with Gasteiger partial charge in [0.05, 0.1) is 0 Å². The maximum atomic E-state index is 11.8. The van der Waals surface area contributed by atoms with Crippen molar-refractivity contribution >= 4 is 11.6 Å². The van der Waals surface area contributed by atoms with Crippen molar-refractivity contribution in [1.29, 1.82) is 0 Å². The zero-order valence-electron chi connectivity index (χ0n) is 14.2. The molecule has 2 unspecified atom stereocenters. The molecular weight excluding hydrogens is 296 g/mol. The summed E-state index contributed by atoms with van der Waals surface area (Å²) in [5, 5.41) is 0. The van der Waals surface area contributed by atoms with Gasteiger partial charge >= 0.3 is 0 Å². The average Bonchev–Trinajstić information content (AvgIpc) is 2.65. The van der Waals surface area contributed by atoms with E-state index in [1.54, 1.807) is 0 Å². The summed E-state index contributed by atoms with van der Waals surface area (Å²) in [5.41, 5.74) is 3.96. The summed E-state index contributed by atoms with van der Waals surface area (Å²) < 4.78 is 0. The molecule has 0 saturated carbocycles. The highest BCUT2D eigenvalue weighted by Gasteiger charge is 2.14. The Kier molecular flexibility index (Phi) is 5.64. The van der Waals surface area contributed by atoms with Crippen LogP contribution in [0.5, 0.6) is 0 Å². The van der Waals surface area contributed by atoms with Gasteiger partial charge in [-0.15, -0.1) is 0 Å². The SMILES string of the molecule is C=CC(=O)C(C)c1cccc(-c2cccc(C(C)C(=O)C=C)c2)c1. The van der Waals surface area contributed by atoms with E-state index in [-0.39, 0.29) is 23.4 Å². The van der Waals surface area contributed by atoms with Gasteiger partial charge in [0.25, 0.3) is 0 Å². The minimum atomic E-state index is -0.216. The first-order valence-corrected chi connectivity index (χ1v) is 8.00. The Morgan fingerprint density at radius 1 is 0.792 bits per heavy atom. The van der Waals surface area contributed by atoms with E-state index in [9.17, 15) is 9.59 Å². The number of benzene rings is 2. The van der Waals surface area contributed by atoms with E-state index in [2.05, 4.69) is 13.2 Å². The molecule has 2 nitrogen and oxygen atoms in total. The highest BCUT2D eigenvalue weighted by atomic mass is 16.1. The molecule has 0 fully saturated rings. The second-order valence-electron chi connectivity index (χ2n) is 5.91. The van der Waals surface area contributed by atoms with Crippen LogP contribution >= 0.6 is 0 Å². The molecule has 0 aromatic heterocycles. The average molecular weight is 318 g/mol. The third kappa shape index (κ3) is 3.77.